The van der Waals surface area contributed by atoms with Crippen LogP contribution < -0.4 is 5.32 Å². The highest BCUT2D eigenvalue weighted by molar-refractivity contribution is 7.21. The summed E-state index contributed by atoms with van der Waals surface area (Å²) in [6, 6.07) is 7.70. The van der Waals surface area contributed by atoms with Crippen LogP contribution in [-0.2, 0) is 9.53 Å². The van der Waals surface area contributed by atoms with E-state index in [1.165, 1.54) is 17.8 Å². The lowest BCUT2D eigenvalue weighted by atomic mass is 10.1. The first kappa shape index (κ1) is 16.9. The second-order valence-corrected chi connectivity index (χ2v) is 6.96. The molecule has 0 bridgehead atoms. The molecule has 6 heteroatoms. The predicted octanol–water partition coefficient (Wildman–Crippen LogP) is 3.50. The summed E-state index contributed by atoms with van der Waals surface area (Å²) in [5.74, 6) is -0.460. The number of anilines is 1. The molecule has 24 heavy (non-hydrogen) atoms. The monoisotopic (exact) mass is 346 g/mol. The smallest absolute Gasteiger partial charge is 0.350 e. The standard InChI is InChI=1S/C18H22N2O3S/c1-2-23-18(22)17-16(13-8-4-5-9-14(13)24-17)19-15(21)12-20-10-6-3-7-11-20/h4-5,8-9H,2-3,6-7,10-12H2,1H3,(H,19,21). The van der Waals surface area contributed by atoms with Crippen molar-refractivity contribution >= 4 is 39.0 Å². The highest BCUT2D eigenvalue weighted by atomic mass is 32.1. The molecular weight excluding hydrogens is 324 g/mol. The van der Waals surface area contributed by atoms with E-state index in [0.717, 1.165) is 36.0 Å². The maximum Gasteiger partial charge on any atom is 0.350 e. The van der Waals surface area contributed by atoms with Crippen molar-refractivity contribution in [1.82, 2.24) is 4.90 Å². The Bertz CT molecular complexity index is 735. The number of piperidine rings is 1. The summed E-state index contributed by atoms with van der Waals surface area (Å²) in [7, 11) is 0. The average Bonchev–Trinajstić information content (AvgIpc) is 2.95. The summed E-state index contributed by atoms with van der Waals surface area (Å²) in [6.45, 7) is 4.38. The Kier molecular flexibility index (Phi) is 5.48. The van der Waals surface area contributed by atoms with Gasteiger partial charge in [0.2, 0.25) is 5.91 Å². The molecule has 2 aromatic rings. The van der Waals surface area contributed by atoms with Crippen LogP contribution in [0.2, 0.25) is 0 Å². The first-order valence-corrected chi connectivity index (χ1v) is 9.21. The number of carbonyl (C=O) groups excluding carboxylic acids is 2. The third kappa shape index (κ3) is 3.76. The van der Waals surface area contributed by atoms with Crippen LogP contribution in [0.15, 0.2) is 24.3 Å². The second-order valence-electron chi connectivity index (χ2n) is 5.91. The molecule has 1 aromatic heterocycles. The Morgan fingerprint density at radius 3 is 2.71 bits per heavy atom. The molecule has 1 aromatic carbocycles. The van der Waals surface area contributed by atoms with Gasteiger partial charge in [0.1, 0.15) is 4.88 Å². The Labute approximate surface area is 145 Å². The number of benzene rings is 1. The van der Waals surface area contributed by atoms with Crippen LogP contribution in [0.1, 0.15) is 35.9 Å². The summed E-state index contributed by atoms with van der Waals surface area (Å²) < 4.78 is 6.11. The Balaban J connectivity index is 1.82. The van der Waals surface area contributed by atoms with Crippen molar-refractivity contribution in [3.63, 3.8) is 0 Å². The van der Waals surface area contributed by atoms with Crippen LogP contribution in [0, 0.1) is 0 Å². The fourth-order valence-electron chi connectivity index (χ4n) is 3.01. The minimum Gasteiger partial charge on any atom is -0.462 e. The molecular formula is C18H22N2O3S. The summed E-state index contributed by atoms with van der Waals surface area (Å²) >= 11 is 1.36. The topological polar surface area (TPSA) is 58.6 Å². The molecule has 1 N–H and O–H groups in total. The van der Waals surface area contributed by atoms with Crippen LogP contribution in [0.3, 0.4) is 0 Å². The number of likely N-dealkylation sites (tertiary alicyclic amines) is 1. The summed E-state index contributed by atoms with van der Waals surface area (Å²) in [6.07, 6.45) is 3.52. The Morgan fingerprint density at radius 2 is 1.96 bits per heavy atom. The zero-order chi connectivity index (χ0) is 16.9. The lowest BCUT2D eigenvalue weighted by Crippen LogP contribution is -2.37. The lowest BCUT2D eigenvalue weighted by molar-refractivity contribution is -0.117. The number of carbonyl (C=O) groups is 2. The highest BCUT2D eigenvalue weighted by Crippen LogP contribution is 2.36. The van der Waals surface area contributed by atoms with Crippen LogP contribution in [0.25, 0.3) is 10.1 Å². The minimum atomic E-state index is -0.382. The number of nitrogens with zero attached hydrogens (tertiary/aromatic N) is 1. The van der Waals surface area contributed by atoms with Crippen LogP contribution in [0.5, 0.6) is 0 Å². The van der Waals surface area contributed by atoms with Gasteiger partial charge in [-0.3, -0.25) is 9.69 Å². The molecule has 0 unspecified atom stereocenters. The second kappa shape index (κ2) is 7.77. The highest BCUT2D eigenvalue weighted by Gasteiger charge is 2.22. The molecule has 1 aliphatic heterocycles. The van der Waals surface area contributed by atoms with E-state index in [9.17, 15) is 9.59 Å². The van der Waals surface area contributed by atoms with Crippen LogP contribution in [0.4, 0.5) is 5.69 Å². The molecule has 0 saturated carbocycles. The first-order valence-electron chi connectivity index (χ1n) is 8.40. The maximum atomic E-state index is 12.5. The van der Waals surface area contributed by atoms with E-state index < -0.39 is 0 Å². The lowest BCUT2D eigenvalue weighted by Gasteiger charge is -2.25. The zero-order valence-corrected chi connectivity index (χ0v) is 14.7. The maximum absolute atomic E-state index is 12.5. The number of nitrogens with one attached hydrogen (secondary N) is 1. The molecule has 2 heterocycles. The van der Waals surface area contributed by atoms with Crippen molar-refractivity contribution in [2.75, 3.05) is 31.6 Å². The number of ether oxygens (including phenoxy) is 1. The van der Waals surface area contributed by atoms with Crippen molar-refractivity contribution in [1.29, 1.82) is 0 Å². The molecule has 5 nitrogen and oxygen atoms in total. The molecule has 1 amide bonds. The molecule has 0 atom stereocenters. The van der Waals surface area contributed by atoms with Gasteiger partial charge in [0.25, 0.3) is 0 Å². The number of fused-ring (bicyclic) bond motifs is 1. The van der Waals surface area contributed by atoms with Crippen molar-refractivity contribution < 1.29 is 14.3 Å². The van der Waals surface area contributed by atoms with Crippen molar-refractivity contribution in [2.45, 2.75) is 26.2 Å². The van der Waals surface area contributed by atoms with Crippen LogP contribution >= 0.6 is 11.3 Å². The molecule has 1 fully saturated rings. The van der Waals surface area contributed by atoms with Gasteiger partial charge >= 0.3 is 5.97 Å². The number of esters is 1. The van der Waals surface area contributed by atoms with Gasteiger partial charge in [-0.1, -0.05) is 24.6 Å². The molecule has 1 aliphatic rings. The first-order chi connectivity index (χ1) is 11.7. The van der Waals surface area contributed by atoms with Gasteiger partial charge in [-0.15, -0.1) is 11.3 Å². The Hall–Kier alpha value is -1.92. The third-order valence-corrected chi connectivity index (χ3v) is 5.29. The van der Waals surface area contributed by atoms with E-state index in [0.29, 0.717) is 23.7 Å². The predicted molar refractivity (Wildman–Crippen MR) is 96.7 cm³/mol. The zero-order valence-electron chi connectivity index (χ0n) is 13.8. The van der Waals surface area contributed by atoms with Crippen molar-refractivity contribution in [2.24, 2.45) is 0 Å². The van der Waals surface area contributed by atoms with Gasteiger partial charge in [0, 0.05) is 10.1 Å². The number of rotatable bonds is 5. The molecule has 3 rings (SSSR count). The van der Waals surface area contributed by atoms with Crippen LogP contribution in [-0.4, -0.2) is 43.0 Å². The van der Waals surface area contributed by atoms with E-state index in [4.69, 9.17) is 4.74 Å². The SMILES string of the molecule is CCOC(=O)c1sc2ccccc2c1NC(=O)CN1CCCCC1. The quantitative estimate of drug-likeness (QED) is 0.842. The molecule has 0 aliphatic carbocycles. The summed E-state index contributed by atoms with van der Waals surface area (Å²) in [4.78, 5) is 27.3. The number of hydrogen-bond donors (Lipinski definition) is 1. The number of amides is 1. The van der Waals surface area contributed by atoms with Crippen molar-refractivity contribution in [3.05, 3.63) is 29.1 Å². The van der Waals surface area contributed by atoms with Gasteiger partial charge in [0.15, 0.2) is 0 Å². The Morgan fingerprint density at radius 1 is 1.21 bits per heavy atom. The number of hydrogen-bond acceptors (Lipinski definition) is 5. The molecule has 0 radical (unpaired) electrons. The summed E-state index contributed by atoms with van der Waals surface area (Å²) in [5.41, 5.74) is 0.580. The van der Waals surface area contributed by atoms with E-state index in [1.54, 1.807) is 6.92 Å². The van der Waals surface area contributed by atoms with Gasteiger partial charge in [0.05, 0.1) is 18.8 Å². The number of thiophene rings is 1. The minimum absolute atomic E-state index is 0.0778. The van der Waals surface area contributed by atoms with E-state index >= 15 is 0 Å². The molecule has 1 saturated heterocycles. The van der Waals surface area contributed by atoms with Gasteiger partial charge in [-0.25, -0.2) is 4.79 Å². The average molecular weight is 346 g/mol. The fourth-order valence-corrected chi connectivity index (χ4v) is 4.06. The normalized spacial score (nSPS) is 15.4. The van der Waals surface area contributed by atoms with E-state index in [1.807, 2.05) is 24.3 Å². The third-order valence-electron chi connectivity index (χ3n) is 4.14. The fraction of sp³-hybridized carbons (Fsp3) is 0.444. The van der Waals surface area contributed by atoms with Crippen molar-refractivity contribution in [3.8, 4) is 0 Å². The largest absolute Gasteiger partial charge is 0.462 e. The van der Waals surface area contributed by atoms with Gasteiger partial charge < -0.3 is 10.1 Å². The van der Waals surface area contributed by atoms with E-state index in [-0.39, 0.29) is 11.9 Å². The van der Waals surface area contributed by atoms with Gasteiger partial charge in [-0.05, 0) is 38.9 Å². The molecule has 128 valence electrons. The molecule has 0 spiro atoms. The summed E-state index contributed by atoms with van der Waals surface area (Å²) in [5, 5.41) is 3.84. The van der Waals surface area contributed by atoms with Gasteiger partial charge in [-0.2, -0.15) is 0 Å². The van der Waals surface area contributed by atoms with E-state index in [2.05, 4.69) is 10.2 Å².